The van der Waals surface area contributed by atoms with Gasteiger partial charge in [0, 0.05) is 19.3 Å². The Hall–Kier alpha value is -1.85. The zero-order chi connectivity index (χ0) is 43.0. The molecule has 0 heterocycles. The molecule has 59 heavy (non-hydrogen) atoms. The molecule has 0 saturated carbocycles. The highest BCUT2D eigenvalue weighted by atomic mass is 16.6. The first-order chi connectivity index (χ1) is 29.0. The fraction of sp³-hybridized carbons (Fsp3) is 0.906. The molecule has 6 nitrogen and oxygen atoms in total. The number of carbonyl (C=O) groups excluding carboxylic acids is 3. The molecule has 0 saturated heterocycles. The van der Waals surface area contributed by atoms with E-state index in [-0.39, 0.29) is 31.1 Å². The Kier molecular flexibility index (Phi) is 47.3. The minimum absolute atomic E-state index is 0.0660. The molecule has 0 fully saturated rings. The molecule has 0 aromatic carbocycles. The summed E-state index contributed by atoms with van der Waals surface area (Å²) in [6, 6.07) is 0. The Morgan fingerprint density at radius 2 is 0.559 bits per heavy atom. The van der Waals surface area contributed by atoms with Crippen molar-refractivity contribution in [2.75, 3.05) is 13.2 Å². The van der Waals surface area contributed by atoms with Gasteiger partial charge in [-0.3, -0.25) is 14.4 Å². The van der Waals surface area contributed by atoms with E-state index in [1.807, 2.05) is 0 Å². The van der Waals surface area contributed by atoms with Crippen LogP contribution in [0, 0.1) is 0 Å². The number of hydrogen-bond acceptors (Lipinski definition) is 6. The van der Waals surface area contributed by atoms with E-state index in [4.69, 9.17) is 14.2 Å². The zero-order valence-electron chi connectivity index (χ0n) is 39.8. The van der Waals surface area contributed by atoms with Crippen LogP contribution in [0.4, 0.5) is 0 Å². The van der Waals surface area contributed by atoms with Crippen molar-refractivity contribution >= 4 is 17.9 Å². The maximum Gasteiger partial charge on any atom is 0.306 e. The van der Waals surface area contributed by atoms with Crippen molar-refractivity contribution < 1.29 is 28.6 Å². The summed E-state index contributed by atoms with van der Waals surface area (Å²) in [5.41, 5.74) is 0. The minimum atomic E-state index is -0.764. The Morgan fingerprint density at radius 1 is 0.322 bits per heavy atom. The molecule has 0 unspecified atom stereocenters. The summed E-state index contributed by atoms with van der Waals surface area (Å²) in [5.74, 6) is -0.854. The van der Waals surface area contributed by atoms with E-state index < -0.39 is 6.10 Å². The van der Waals surface area contributed by atoms with Gasteiger partial charge in [-0.25, -0.2) is 0 Å². The molecule has 0 radical (unpaired) electrons. The first-order valence-electron chi connectivity index (χ1n) is 26.2. The average Bonchev–Trinajstić information content (AvgIpc) is 3.23. The van der Waals surface area contributed by atoms with Crippen molar-refractivity contribution in [2.24, 2.45) is 0 Å². The van der Waals surface area contributed by atoms with E-state index in [0.717, 1.165) is 57.8 Å². The molecule has 0 amide bonds. The lowest BCUT2D eigenvalue weighted by molar-refractivity contribution is -0.167. The summed E-state index contributed by atoms with van der Waals surface area (Å²) in [7, 11) is 0. The second-order valence-corrected chi connectivity index (χ2v) is 17.8. The molecule has 0 aliphatic heterocycles. The number of allylic oxidation sites excluding steroid dienone is 2. The molecule has 0 aliphatic rings. The summed E-state index contributed by atoms with van der Waals surface area (Å²) >= 11 is 0. The molecular formula is C53H100O6. The van der Waals surface area contributed by atoms with Crippen LogP contribution in [0.15, 0.2) is 12.2 Å². The van der Waals surface area contributed by atoms with Gasteiger partial charge >= 0.3 is 17.9 Å². The van der Waals surface area contributed by atoms with Gasteiger partial charge in [-0.2, -0.15) is 0 Å². The van der Waals surface area contributed by atoms with Crippen LogP contribution in [-0.2, 0) is 28.6 Å². The molecule has 0 rings (SSSR count). The molecule has 0 bridgehead atoms. The molecular weight excluding hydrogens is 733 g/mol. The van der Waals surface area contributed by atoms with Crippen LogP contribution in [0.2, 0.25) is 0 Å². The van der Waals surface area contributed by atoms with Crippen molar-refractivity contribution in [1.82, 2.24) is 0 Å². The zero-order valence-corrected chi connectivity index (χ0v) is 39.8. The maximum atomic E-state index is 12.8. The van der Waals surface area contributed by atoms with Gasteiger partial charge in [0.1, 0.15) is 13.2 Å². The van der Waals surface area contributed by atoms with Gasteiger partial charge < -0.3 is 14.2 Å². The van der Waals surface area contributed by atoms with E-state index >= 15 is 0 Å². The van der Waals surface area contributed by atoms with Crippen LogP contribution in [0.3, 0.4) is 0 Å². The SMILES string of the molecule is CCCCCCCC/C=C\CCCCCCCCCC(=O)OC[C@@H](COC(=O)CCCCCCCCCCCCCC)OC(=O)CCCCCCCCCCCCCC. The molecule has 6 heteroatoms. The summed E-state index contributed by atoms with van der Waals surface area (Å²) in [6.07, 6.45) is 53.3. The Labute approximate surface area is 367 Å². The van der Waals surface area contributed by atoms with Crippen LogP contribution in [0.5, 0.6) is 0 Å². The Morgan fingerprint density at radius 3 is 0.847 bits per heavy atom. The van der Waals surface area contributed by atoms with E-state index in [9.17, 15) is 14.4 Å². The highest BCUT2D eigenvalue weighted by Crippen LogP contribution is 2.16. The average molecular weight is 833 g/mol. The maximum absolute atomic E-state index is 12.8. The van der Waals surface area contributed by atoms with Gasteiger partial charge in [0.05, 0.1) is 0 Å². The lowest BCUT2D eigenvalue weighted by atomic mass is 10.0. The molecule has 348 valence electrons. The number of esters is 3. The third-order valence-electron chi connectivity index (χ3n) is 11.8. The normalized spacial score (nSPS) is 12.0. The second-order valence-electron chi connectivity index (χ2n) is 17.8. The predicted molar refractivity (Wildman–Crippen MR) is 252 cm³/mol. The molecule has 0 spiro atoms. The van der Waals surface area contributed by atoms with Gasteiger partial charge in [-0.05, 0) is 44.9 Å². The van der Waals surface area contributed by atoms with Gasteiger partial charge in [-0.1, -0.05) is 238 Å². The van der Waals surface area contributed by atoms with Crippen molar-refractivity contribution in [3.8, 4) is 0 Å². The summed E-state index contributed by atoms with van der Waals surface area (Å²) < 4.78 is 16.8. The largest absolute Gasteiger partial charge is 0.462 e. The van der Waals surface area contributed by atoms with Crippen molar-refractivity contribution in [2.45, 2.75) is 297 Å². The molecule has 0 aromatic rings. The van der Waals surface area contributed by atoms with Crippen LogP contribution < -0.4 is 0 Å². The second kappa shape index (κ2) is 48.8. The van der Waals surface area contributed by atoms with Gasteiger partial charge in [0.15, 0.2) is 6.10 Å². The fourth-order valence-corrected chi connectivity index (χ4v) is 7.79. The topological polar surface area (TPSA) is 78.9 Å². The lowest BCUT2D eigenvalue weighted by Crippen LogP contribution is -2.30. The predicted octanol–water partition coefficient (Wildman–Crippen LogP) is 17.0. The van der Waals surface area contributed by atoms with Crippen LogP contribution >= 0.6 is 0 Å². The van der Waals surface area contributed by atoms with E-state index in [1.165, 1.54) is 193 Å². The number of rotatable bonds is 48. The van der Waals surface area contributed by atoms with Gasteiger partial charge in [0.2, 0.25) is 0 Å². The minimum Gasteiger partial charge on any atom is -0.462 e. The molecule has 1 atom stereocenters. The van der Waals surface area contributed by atoms with Crippen LogP contribution in [0.1, 0.15) is 290 Å². The smallest absolute Gasteiger partial charge is 0.306 e. The first kappa shape index (κ1) is 57.1. The summed E-state index contributed by atoms with van der Waals surface area (Å²) in [5, 5.41) is 0. The van der Waals surface area contributed by atoms with Crippen molar-refractivity contribution in [1.29, 1.82) is 0 Å². The number of hydrogen-bond donors (Lipinski definition) is 0. The quantitative estimate of drug-likeness (QED) is 0.0263. The Balaban J connectivity index is 4.30. The highest BCUT2D eigenvalue weighted by Gasteiger charge is 2.19. The first-order valence-corrected chi connectivity index (χ1v) is 26.2. The number of carbonyl (C=O) groups is 3. The summed E-state index contributed by atoms with van der Waals surface area (Å²) in [6.45, 7) is 6.66. The van der Waals surface area contributed by atoms with Crippen molar-refractivity contribution in [3.63, 3.8) is 0 Å². The Bertz CT molecular complexity index is 916. The summed E-state index contributed by atoms with van der Waals surface area (Å²) in [4.78, 5) is 37.9. The molecule has 0 aromatic heterocycles. The molecule has 0 aliphatic carbocycles. The number of unbranched alkanes of at least 4 members (excludes halogenated alkanes) is 35. The van der Waals surface area contributed by atoms with Gasteiger partial charge in [0.25, 0.3) is 0 Å². The third-order valence-corrected chi connectivity index (χ3v) is 11.8. The third kappa shape index (κ3) is 47.1. The van der Waals surface area contributed by atoms with E-state index in [1.54, 1.807) is 0 Å². The fourth-order valence-electron chi connectivity index (χ4n) is 7.79. The van der Waals surface area contributed by atoms with E-state index in [2.05, 4.69) is 32.9 Å². The van der Waals surface area contributed by atoms with Gasteiger partial charge in [-0.15, -0.1) is 0 Å². The molecule has 0 N–H and O–H groups in total. The van der Waals surface area contributed by atoms with Crippen LogP contribution in [0.25, 0.3) is 0 Å². The van der Waals surface area contributed by atoms with Crippen LogP contribution in [-0.4, -0.2) is 37.2 Å². The van der Waals surface area contributed by atoms with Crippen molar-refractivity contribution in [3.05, 3.63) is 12.2 Å². The standard InChI is InChI=1S/C53H100O6/c1-4-7-10-13-16-19-22-25-26-27-28-29-32-34-37-40-43-46-52(55)58-49-50(59-53(56)47-44-41-38-35-31-24-21-18-15-12-9-6-3)48-57-51(54)45-42-39-36-33-30-23-20-17-14-11-8-5-2/h25-26,50H,4-24,27-49H2,1-3H3/b26-25-/t50-/m1/s1. The highest BCUT2D eigenvalue weighted by molar-refractivity contribution is 5.71. The van der Waals surface area contributed by atoms with E-state index in [0.29, 0.717) is 19.3 Å². The lowest BCUT2D eigenvalue weighted by Gasteiger charge is -2.18. The number of ether oxygens (including phenoxy) is 3. The monoisotopic (exact) mass is 833 g/mol.